The number of hydrogen-bond acceptors (Lipinski definition) is 5. The second-order valence-corrected chi connectivity index (χ2v) is 11.0. The third kappa shape index (κ3) is 6.75. The molecule has 1 aliphatic heterocycles. The molecule has 37 heavy (non-hydrogen) atoms. The van der Waals surface area contributed by atoms with Crippen LogP contribution in [0.2, 0.25) is 0 Å². The van der Waals surface area contributed by atoms with Crippen molar-refractivity contribution in [3.8, 4) is 0 Å². The zero-order valence-corrected chi connectivity index (χ0v) is 23.7. The molecule has 200 valence electrons. The molecule has 2 aliphatic rings. The topological polar surface area (TPSA) is 49.4 Å². The number of benzene rings is 1. The molecule has 4 rings (SSSR count). The normalized spacial score (nSPS) is 16.9. The molecule has 1 aromatic carbocycles. The van der Waals surface area contributed by atoms with Gasteiger partial charge in [0.15, 0.2) is 0 Å². The Bertz CT molecular complexity index is 1120. The van der Waals surface area contributed by atoms with E-state index in [0.717, 1.165) is 59.5 Å². The van der Waals surface area contributed by atoms with Gasteiger partial charge in [0.1, 0.15) is 5.82 Å². The predicted octanol–water partition coefficient (Wildman–Crippen LogP) is 8.21. The summed E-state index contributed by atoms with van der Waals surface area (Å²) in [5, 5.41) is 7.10. The number of ether oxygens (including phenoxy) is 1. The van der Waals surface area contributed by atoms with E-state index in [-0.39, 0.29) is 6.10 Å². The third-order valence-corrected chi connectivity index (χ3v) is 7.50. The highest BCUT2D eigenvalue weighted by molar-refractivity contribution is 5.85. The zero-order chi connectivity index (χ0) is 26.4. The Balaban J connectivity index is 1.64. The van der Waals surface area contributed by atoms with E-state index in [9.17, 15) is 0 Å². The lowest BCUT2D eigenvalue weighted by atomic mass is 9.83. The van der Waals surface area contributed by atoms with E-state index >= 15 is 0 Å². The standard InChI is InChI=1S/C32H46N4O/c1-7-10-28-31-26(15-17-33-28)20-29(24(6)37-8-2)35-32(31)34-27-13-14-30(23(5)19-27)36(21-22(3)4)18-16-25-11-9-12-25/h10,13-15,17,19-20,22,24-25,33H,7-9,11-12,16,18,21H2,1-6H3,(H,34,35)/b28-10-. The first-order valence-corrected chi connectivity index (χ1v) is 14.3. The molecule has 1 atom stereocenters. The van der Waals surface area contributed by atoms with Gasteiger partial charge in [-0.2, -0.15) is 0 Å². The molecule has 0 saturated heterocycles. The van der Waals surface area contributed by atoms with Crippen molar-refractivity contribution in [3.63, 3.8) is 0 Å². The Morgan fingerprint density at radius 1 is 1.19 bits per heavy atom. The number of hydrogen-bond donors (Lipinski definition) is 2. The van der Waals surface area contributed by atoms with E-state index in [0.29, 0.717) is 12.5 Å². The molecule has 5 nitrogen and oxygen atoms in total. The SMILES string of the molecule is CC/C=C1\NC=Cc2cc(C(C)OCC)nc(Nc3ccc(N(CCC4CCC4)CC(C)C)c(C)c3)c21. The lowest BCUT2D eigenvalue weighted by Crippen LogP contribution is -2.31. The van der Waals surface area contributed by atoms with Crippen LogP contribution >= 0.6 is 0 Å². The first kappa shape index (κ1) is 27.3. The van der Waals surface area contributed by atoms with E-state index < -0.39 is 0 Å². The Hall–Kier alpha value is -2.79. The summed E-state index contributed by atoms with van der Waals surface area (Å²) in [4.78, 5) is 7.66. The molecule has 2 heterocycles. The molecule has 0 spiro atoms. The molecule has 2 N–H and O–H groups in total. The number of nitrogens with one attached hydrogen (secondary N) is 2. The minimum Gasteiger partial charge on any atom is -0.372 e. The average molecular weight is 503 g/mol. The van der Waals surface area contributed by atoms with Gasteiger partial charge in [0.2, 0.25) is 0 Å². The van der Waals surface area contributed by atoms with Crippen LogP contribution in [-0.4, -0.2) is 24.7 Å². The van der Waals surface area contributed by atoms with Crippen LogP contribution in [0.1, 0.15) is 95.2 Å². The molecule has 1 fully saturated rings. The van der Waals surface area contributed by atoms with Crippen LogP contribution in [0.25, 0.3) is 11.8 Å². The van der Waals surface area contributed by atoms with E-state index in [1.54, 1.807) is 0 Å². The van der Waals surface area contributed by atoms with Gasteiger partial charge in [0, 0.05) is 48.5 Å². The monoisotopic (exact) mass is 502 g/mol. The first-order chi connectivity index (χ1) is 17.9. The van der Waals surface area contributed by atoms with Crippen LogP contribution in [0.3, 0.4) is 0 Å². The Morgan fingerprint density at radius 2 is 2.00 bits per heavy atom. The summed E-state index contributed by atoms with van der Waals surface area (Å²) in [5.41, 5.74) is 8.02. The van der Waals surface area contributed by atoms with Gasteiger partial charge in [-0.1, -0.05) is 46.1 Å². The highest BCUT2D eigenvalue weighted by atomic mass is 16.5. The quantitative estimate of drug-likeness (QED) is 0.306. The molecule has 1 aromatic heterocycles. The maximum Gasteiger partial charge on any atom is 0.140 e. The van der Waals surface area contributed by atoms with Gasteiger partial charge in [-0.05, 0) is 86.9 Å². The van der Waals surface area contributed by atoms with Gasteiger partial charge < -0.3 is 20.3 Å². The molecule has 5 heteroatoms. The smallest absolute Gasteiger partial charge is 0.140 e. The van der Waals surface area contributed by atoms with Crippen LogP contribution in [-0.2, 0) is 4.74 Å². The van der Waals surface area contributed by atoms with Crippen LogP contribution in [0, 0.1) is 18.8 Å². The number of nitrogens with zero attached hydrogens (tertiary/aromatic N) is 2. The molecule has 0 amide bonds. The van der Waals surface area contributed by atoms with Gasteiger partial charge in [-0.3, -0.25) is 0 Å². The Morgan fingerprint density at radius 3 is 2.65 bits per heavy atom. The maximum atomic E-state index is 5.89. The van der Waals surface area contributed by atoms with Crippen molar-refractivity contribution in [2.24, 2.45) is 11.8 Å². The molecule has 0 radical (unpaired) electrons. The van der Waals surface area contributed by atoms with Gasteiger partial charge in [0.05, 0.1) is 11.8 Å². The second-order valence-electron chi connectivity index (χ2n) is 11.0. The summed E-state index contributed by atoms with van der Waals surface area (Å²) in [7, 11) is 0. The minimum absolute atomic E-state index is 0.0675. The molecule has 1 unspecified atom stereocenters. The lowest BCUT2D eigenvalue weighted by Gasteiger charge is -2.32. The molecule has 0 bridgehead atoms. The van der Waals surface area contributed by atoms with Crippen molar-refractivity contribution in [2.45, 2.75) is 79.8 Å². The highest BCUT2D eigenvalue weighted by Gasteiger charge is 2.22. The van der Waals surface area contributed by atoms with Crippen molar-refractivity contribution in [2.75, 3.05) is 29.9 Å². The predicted molar refractivity (Wildman–Crippen MR) is 158 cm³/mol. The largest absolute Gasteiger partial charge is 0.372 e. The van der Waals surface area contributed by atoms with Crippen LogP contribution in [0.15, 0.2) is 36.5 Å². The molecule has 1 aliphatic carbocycles. The fourth-order valence-corrected chi connectivity index (χ4v) is 5.39. The summed E-state index contributed by atoms with van der Waals surface area (Å²) in [5.74, 6) is 2.42. The fraction of sp³-hybridized carbons (Fsp3) is 0.531. The average Bonchev–Trinajstić information content (AvgIpc) is 2.82. The Labute approximate surface area is 224 Å². The third-order valence-electron chi connectivity index (χ3n) is 7.50. The molecular formula is C32H46N4O. The molecular weight excluding hydrogens is 456 g/mol. The van der Waals surface area contributed by atoms with Crippen molar-refractivity contribution in [1.29, 1.82) is 0 Å². The van der Waals surface area contributed by atoms with E-state index in [1.807, 2.05) is 13.1 Å². The maximum absolute atomic E-state index is 5.89. The number of allylic oxidation sites excluding steroid dienone is 1. The summed E-state index contributed by atoms with van der Waals surface area (Å²) in [6, 6.07) is 8.93. The lowest BCUT2D eigenvalue weighted by molar-refractivity contribution is 0.0734. The van der Waals surface area contributed by atoms with Crippen LogP contribution in [0.5, 0.6) is 0 Å². The number of aryl methyl sites for hydroxylation is 1. The number of aromatic nitrogens is 1. The van der Waals surface area contributed by atoms with Crippen LogP contribution in [0.4, 0.5) is 17.2 Å². The zero-order valence-electron chi connectivity index (χ0n) is 23.7. The van der Waals surface area contributed by atoms with Crippen molar-refractivity contribution < 1.29 is 4.74 Å². The molecule has 2 aromatic rings. The number of rotatable bonds is 12. The highest BCUT2D eigenvalue weighted by Crippen LogP contribution is 2.35. The van der Waals surface area contributed by atoms with Gasteiger partial charge in [-0.15, -0.1) is 0 Å². The Kier molecular flexibility index (Phi) is 9.31. The minimum atomic E-state index is -0.0675. The second kappa shape index (κ2) is 12.6. The van der Waals surface area contributed by atoms with Crippen molar-refractivity contribution in [1.82, 2.24) is 10.3 Å². The van der Waals surface area contributed by atoms with Crippen LogP contribution < -0.4 is 15.5 Å². The molecule has 1 saturated carbocycles. The summed E-state index contributed by atoms with van der Waals surface area (Å²) in [6.07, 6.45) is 12.8. The first-order valence-electron chi connectivity index (χ1n) is 14.3. The summed E-state index contributed by atoms with van der Waals surface area (Å²) >= 11 is 0. The van der Waals surface area contributed by atoms with E-state index in [2.05, 4.69) is 86.6 Å². The van der Waals surface area contributed by atoms with Gasteiger partial charge in [-0.25, -0.2) is 4.98 Å². The van der Waals surface area contributed by atoms with E-state index in [4.69, 9.17) is 9.72 Å². The fourth-order valence-electron chi connectivity index (χ4n) is 5.39. The number of anilines is 3. The summed E-state index contributed by atoms with van der Waals surface area (Å²) in [6.45, 7) is 16.0. The van der Waals surface area contributed by atoms with Gasteiger partial charge >= 0.3 is 0 Å². The van der Waals surface area contributed by atoms with Gasteiger partial charge in [0.25, 0.3) is 0 Å². The van der Waals surface area contributed by atoms with E-state index in [1.165, 1.54) is 36.9 Å². The number of fused-ring (bicyclic) bond motifs is 1. The summed E-state index contributed by atoms with van der Waals surface area (Å²) < 4.78 is 5.89. The number of pyridine rings is 1. The van der Waals surface area contributed by atoms with Crippen molar-refractivity contribution in [3.05, 3.63) is 58.9 Å². The van der Waals surface area contributed by atoms with Crippen molar-refractivity contribution >= 4 is 29.0 Å².